The van der Waals surface area contributed by atoms with Crippen LogP contribution in [0.2, 0.25) is 5.02 Å². The average molecular weight is 393 g/mol. The number of rotatable bonds is 6. The lowest BCUT2D eigenvalue weighted by atomic mass is 10.1. The molecule has 0 aliphatic carbocycles. The number of aromatic nitrogens is 3. The molecule has 0 saturated carbocycles. The molecule has 2 heterocycles. The van der Waals surface area contributed by atoms with Gasteiger partial charge in [-0.1, -0.05) is 29.8 Å². The van der Waals surface area contributed by atoms with Crippen molar-refractivity contribution in [1.29, 1.82) is 0 Å². The topological polar surface area (TPSA) is 62.7 Å². The Hall–Kier alpha value is -1.96. The highest BCUT2D eigenvalue weighted by atomic mass is 35.5. The number of hydrogen-bond donors (Lipinski definition) is 2. The number of H-pyrrole nitrogens is 1. The first-order valence-electron chi connectivity index (χ1n) is 7.78. The molecule has 1 atom stereocenters. The molecule has 1 unspecified atom stereocenters. The molecule has 0 aliphatic rings. The standard InChI is InChI=1S/C17H17ClN4OS2/c1-11(12-4-6-13(18)7-5-12)19-15(23)8-9-22-16(20-21-17(22)24)14-3-2-10-25-14/h2-7,10-11H,8-9H2,1H3,(H,19,23)(H,21,24). The quantitative estimate of drug-likeness (QED) is 0.603. The summed E-state index contributed by atoms with van der Waals surface area (Å²) in [7, 11) is 0. The molecule has 3 aromatic rings. The number of nitrogens with zero attached hydrogens (tertiary/aromatic N) is 2. The van der Waals surface area contributed by atoms with Crippen molar-refractivity contribution in [3.05, 3.63) is 57.1 Å². The Morgan fingerprint density at radius 2 is 2.16 bits per heavy atom. The van der Waals surface area contributed by atoms with E-state index in [0.717, 1.165) is 16.3 Å². The maximum Gasteiger partial charge on any atom is 0.222 e. The van der Waals surface area contributed by atoms with Crippen molar-refractivity contribution in [2.45, 2.75) is 25.9 Å². The lowest BCUT2D eigenvalue weighted by Crippen LogP contribution is -2.27. The van der Waals surface area contributed by atoms with Gasteiger partial charge in [0.25, 0.3) is 0 Å². The average Bonchev–Trinajstić information content (AvgIpc) is 3.23. The van der Waals surface area contributed by atoms with Gasteiger partial charge in [-0.3, -0.25) is 14.5 Å². The summed E-state index contributed by atoms with van der Waals surface area (Å²) < 4.78 is 2.37. The number of carbonyl (C=O) groups is 1. The molecule has 8 heteroatoms. The van der Waals surface area contributed by atoms with Crippen LogP contribution < -0.4 is 5.32 Å². The number of amides is 1. The van der Waals surface area contributed by atoms with Crippen molar-refractivity contribution in [2.24, 2.45) is 0 Å². The highest BCUT2D eigenvalue weighted by Crippen LogP contribution is 2.23. The van der Waals surface area contributed by atoms with Crippen molar-refractivity contribution in [3.63, 3.8) is 0 Å². The third-order valence-corrected chi connectivity index (χ3v) is 5.24. The molecule has 0 fully saturated rings. The van der Waals surface area contributed by atoms with Crippen LogP contribution in [-0.4, -0.2) is 20.7 Å². The van der Waals surface area contributed by atoms with E-state index in [9.17, 15) is 4.79 Å². The van der Waals surface area contributed by atoms with Crippen LogP contribution in [0.25, 0.3) is 10.7 Å². The van der Waals surface area contributed by atoms with Crippen LogP contribution in [0.3, 0.4) is 0 Å². The highest BCUT2D eigenvalue weighted by Gasteiger charge is 2.13. The Bertz CT molecular complexity index is 900. The molecule has 1 amide bonds. The molecule has 5 nitrogen and oxygen atoms in total. The van der Waals surface area contributed by atoms with Gasteiger partial charge in [0.1, 0.15) is 0 Å². The number of nitrogens with one attached hydrogen (secondary N) is 2. The van der Waals surface area contributed by atoms with Crippen LogP contribution in [-0.2, 0) is 11.3 Å². The number of carbonyl (C=O) groups excluding carboxylic acids is 1. The van der Waals surface area contributed by atoms with Gasteiger partial charge in [0.15, 0.2) is 10.6 Å². The monoisotopic (exact) mass is 392 g/mol. The number of benzene rings is 1. The minimum Gasteiger partial charge on any atom is -0.350 e. The van der Waals surface area contributed by atoms with Crippen LogP contribution >= 0.6 is 35.2 Å². The first kappa shape index (κ1) is 17.8. The number of halogens is 1. The van der Waals surface area contributed by atoms with E-state index < -0.39 is 0 Å². The van der Waals surface area contributed by atoms with E-state index in [-0.39, 0.29) is 11.9 Å². The summed E-state index contributed by atoms with van der Waals surface area (Å²) in [4.78, 5) is 13.3. The summed E-state index contributed by atoms with van der Waals surface area (Å²) in [6.45, 7) is 2.42. The second kappa shape index (κ2) is 7.95. The van der Waals surface area contributed by atoms with E-state index in [2.05, 4.69) is 15.5 Å². The number of thiophene rings is 1. The van der Waals surface area contributed by atoms with E-state index in [1.165, 1.54) is 0 Å². The highest BCUT2D eigenvalue weighted by molar-refractivity contribution is 7.71. The van der Waals surface area contributed by atoms with Gasteiger partial charge >= 0.3 is 0 Å². The van der Waals surface area contributed by atoms with Crippen LogP contribution in [0.5, 0.6) is 0 Å². The zero-order valence-electron chi connectivity index (χ0n) is 13.5. The van der Waals surface area contributed by atoms with E-state index in [0.29, 0.717) is 22.8 Å². The Labute approximate surface area is 159 Å². The molecule has 0 radical (unpaired) electrons. The molecule has 0 bridgehead atoms. The van der Waals surface area contributed by atoms with Gasteiger partial charge in [0.2, 0.25) is 5.91 Å². The minimum atomic E-state index is -0.0844. The Morgan fingerprint density at radius 3 is 2.84 bits per heavy atom. The predicted molar refractivity (Wildman–Crippen MR) is 103 cm³/mol. The van der Waals surface area contributed by atoms with E-state index in [4.69, 9.17) is 23.8 Å². The van der Waals surface area contributed by atoms with Crippen LogP contribution in [0.1, 0.15) is 24.9 Å². The molecule has 3 rings (SSSR count). The SMILES string of the molecule is CC(NC(=O)CCn1c(-c2cccs2)n[nH]c1=S)c1ccc(Cl)cc1. The maximum atomic E-state index is 12.3. The summed E-state index contributed by atoms with van der Waals surface area (Å²) in [5.74, 6) is 0.723. The van der Waals surface area contributed by atoms with Gasteiger partial charge in [-0.15, -0.1) is 11.3 Å². The molecule has 130 valence electrons. The molecular weight excluding hydrogens is 376 g/mol. The van der Waals surface area contributed by atoms with Crippen molar-refractivity contribution < 1.29 is 4.79 Å². The van der Waals surface area contributed by atoms with Crippen molar-refractivity contribution in [3.8, 4) is 10.7 Å². The zero-order valence-corrected chi connectivity index (χ0v) is 15.9. The predicted octanol–water partition coefficient (Wildman–Crippen LogP) is 4.59. The smallest absolute Gasteiger partial charge is 0.222 e. The molecule has 0 saturated heterocycles. The molecule has 0 spiro atoms. The lowest BCUT2D eigenvalue weighted by Gasteiger charge is -2.14. The third-order valence-electron chi connectivity index (χ3n) is 3.81. The van der Waals surface area contributed by atoms with Crippen molar-refractivity contribution in [2.75, 3.05) is 0 Å². The summed E-state index contributed by atoms with van der Waals surface area (Å²) in [5.41, 5.74) is 1.01. The second-order valence-corrected chi connectivity index (χ2v) is 7.34. The molecule has 2 N–H and O–H groups in total. The van der Waals surface area contributed by atoms with Gasteiger partial charge in [-0.2, -0.15) is 5.10 Å². The van der Waals surface area contributed by atoms with Gasteiger partial charge in [0, 0.05) is 18.0 Å². The fourth-order valence-corrected chi connectivity index (χ4v) is 3.55. The summed E-state index contributed by atoms with van der Waals surface area (Å²) in [6, 6.07) is 11.3. The fourth-order valence-electron chi connectivity index (χ4n) is 2.48. The first-order valence-corrected chi connectivity index (χ1v) is 9.45. The molecule has 0 aliphatic heterocycles. The summed E-state index contributed by atoms with van der Waals surface area (Å²) in [6.07, 6.45) is 0.324. The Balaban J connectivity index is 1.62. The van der Waals surface area contributed by atoms with Crippen LogP contribution in [0.4, 0.5) is 0 Å². The van der Waals surface area contributed by atoms with Gasteiger partial charge in [-0.05, 0) is 48.3 Å². The first-order chi connectivity index (χ1) is 12.0. The van der Waals surface area contributed by atoms with Crippen molar-refractivity contribution >= 4 is 41.1 Å². The fraction of sp³-hybridized carbons (Fsp3) is 0.235. The summed E-state index contributed by atoms with van der Waals surface area (Å²) in [5, 5.41) is 12.7. The summed E-state index contributed by atoms with van der Waals surface area (Å²) >= 11 is 12.8. The third kappa shape index (κ3) is 4.36. The second-order valence-electron chi connectivity index (χ2n) is 5.57. The normalized spacial score (nSPS) is 12.1. The van der Waals surface area contributed by atoms with E-state index in [1.807, 2.05) is 53.3 Å². The zero-order chi connectivity index (χ0) is 17.8. The van der Waals surface area contributed by atoms with Gasteiger partial charge in [-0.25, -0.2) is 0 Å². The maximum absolute atomic E-state index is 12.3. The number of aromatic amines is 1. The van der Waals surface area contributed by atoms with E-state index >= 15 is 0 Å². The Morgan fingerprint density at radius 1 is 1.40 bits per heavy atom. The Kier molecular flexibility index (Phi) is 5.67. The molecule has 1 aromatic carbocycles. The number of hydrogen-bond acceptors (Lipinski definition) is 4. The lowest BCUT2D eigenvalue weighted by molar-refractivity contribution is -0.121. The van der Waals surface area contributed by atoms with Crippen molar-refractivity contribution in [1.82, 2.24) is 20.1 Å². The van der Waals surface area contributed by atoms with Gasteiger partial charge < -0.3 is 5.32 Å². The van der Waals surface area contributed by atoms with E-state index in [1.54, 1.807) is 11.3 Å². The molecule has 2 aromatic heterocycles. The van der Waals surface area contributed by atoms with Crippen LogP contribution in [0.15, 0.2) is 41.8 Å². The van der Waals surface area contributed by atoms with Gasteiger partial charge in [0.05, 0.1) is 10.9 Å². The largest absolute Gasteiger partial charge is 0.350 e. The molecule has 25 heavy (non-hydrogen) atoms. The molecular formula is C17H17ClN4OS2. The minimum absolute atomic E-state index is 0.0392. The van der Waals surface area contributed by atoms with Crippen LogP contribution in [0, 0.1) is 4.77 Å².